The van der Waals surface area contributed by atoms with Crippen molar-refractivity contribution in [1.29, 1.82) is 0 Å². The lowest BCUT2D eigenvalue weighted by Crippen LogP contribution is -2.16. The van der Waals surface area contributed by atoms with Crippen molar-refractivity contribution >= 4 is 66.3 Å². The number of thiophene rings is 1. The van der Waals surface area contributed by atoms with E-state index < -0.39 is 0 Å². The topological polar surface area (TPSA) is 68.2 Å². The third-order valence-corrected chi connectivity index (χ3v) is 9.40. The molecule has 0 bridgehead atoms. The van der Waals surface area contributed by atoms with E-state index in [2.05, 4.69) is 31.2 Å². The summed E-state index contributed by atoms with van der Waals surface area (Å²) >= 11 is 12.1. The molecule has 204 valence electrons. The molecule has 0 fully saturated rings. The van der Waals surface area contributed by atoms with Crippen LogP contribution >= 0.6 is 38.9 Å². The van der Waals surface area contributed by atoms with E-state index in [4.69, 9.17) is 21.0 Å². The van der Waals surface area contributed by atoms with Gasteiger partial charge in [-0.25, -0.2) is 9.97 Å². The van der Waals surface area contributed by atoms with Crippen molar-refractivity contribution in [2.75, 3.05) is 5.32 Å². The molecule has 0 aliphatic heterocycles. The molecule has 3 aromatic carbocycles. The number of aromatic nitrogens is 3. The number of hydrogen-bond donors (Lipinski definition) is 1. The van der Waals surface area contributed by atoms with Gasteiger partial charge in [-0.05, 0) is 86.2 Å². The van der Waals surface area contributed by atoms with Crippen molar-refractivity contribution in [3.8, 4) is 16.9 Å². The zero-order chi connectivity index (χ0) is 27.9. The standard InChI is InChI=1S/C32H25BrClN5OS/c1-19-5-4-7-25(34)29(19)39-26(20-9-11-21(33)12-10-20)17-40-32(39)38-23-15-13-22(14-16-23)37-30-28-24-6-2-3-8-27(24)41-31(28)36-18-35-30/h4-5,7,9-18H,2-3,6,8H2,1H3,(H,35,36,37). The number of nitrogens with one attached hydrogen (secondary N) is 1. The molecule has 0 amide bonds. The van der Waals surface area contributed by atoms with Crippen LogP contribution in [0.1, 0.15) is 28.8 Å². The Morgan fingerprint density at radius 1 is 1.00 bits per heavy atom. The maximum Gasteiger partial charge on any atom is 0.307 e. The fraction of sp³-hybridized carbons (Fsp3) is 0.156. The molecule has 0 saturated heterocycles. The predicted molar refractivity (Wildman–Crippen MR) is 170 cm³/mol. The van der Waals surface area contributed by atoms with E-state index >= 15 is 0 Å². The smallest absolute Gasteiger partial charge is 0.307 e. The number of rotatable bonds is 5. The number of oxazole rings is 1. The van der Waals surface area contributed by atoms with Gasteiger partial charge in [0.05, 0.1) is 27.5 Å². The summed E-state index contributed by atoms with van der Waals surface area (Å²) in [6.07, 6.45) is 8.06. The van der Waals surface area contributed by atoms with Gasteiger partial charge in [0.1, 0.15) is 23.2 Å². The average Bonchev–Trinajstić information content (AvgIpc) is 3.56. The van der Waals surface area contributed by atoms with Crippen LogP contribution in [-0.4, -0.2) is 14.5 Å². The molecule has 6 nitrogen and oxygen atoms in total. The molecular formula is C32H25BrClN5OS. The Labute approximate surface area is 254 Å². The Balaban J connectivity index is 1.27. The van der Waals surface area contributed by atoms with Crippen LogP contribution in [0.5, 0.6) is 0 Å². The van der Waals surface area contributed by atoms with Crippen LogP contribution in [0, 0.1) is 6.92 Å². The SMILES string of the molecule is Cc1cccc(Cl)c1-n1c(-c2ccc(Br)cc2)coc1=Nc1ccc(Nc2ncnc3sc4c(c23)CCCC4)cc1. The van der Waals surface area contributed by atoms with Crippen molar-refractivity contribution in [3.63, 3.8) is 0 Å². The van der Waals surface area contributed by atoms with E-state index in [0.717, 1.165) is 67.2 Å². The number of para-hydroxylation sites is 1. The molecule has 3 aromatic heterocycles. The maximum absolute atomic E-state index is 6.73. The quantitative estimate of drug-likeness (QED) is 0.204. The van der Waals surface area contributed by atoms with Gasteiger partial charge in [0.2, 0.25) is 0 Å². The Morgan fingerprint density at radius 2 is 1.80 bits per heavy atom. The van der Waals surface area contributed by atoms with Gasteiger partial charge in [-0.1, -0.05) is 51.8 Å². The van der Waals surface area contributed by atoms with Gasteiger partial charge in [0.15, 0.2) is 0 Å². The van der Waals surface area contributed by atoms with Crippen LogP contribution in [-0.2, 0) is 12.8 Å². The van der Waals surface area contributed by atoms with Crippen molar-refractivity contribution in [2.45, 2.75) is 32.6 Å². The van der Waals surface area contributed by atoms with Crippen LogP contribution in [0.2, 0.25) is 5.02 Å². The number of anilines is 2. The Kier molecular flexibility index (Phi) is 6.98. The van der Waals surface area contributed by atoms with E-state index in [-0.39, 0.29) is 0 Å². The summed E-state index contributed by atoms with van der Waals surface area (Å²) in [5, 5.41) is 5.30. The van der Waals surface area contributed by atoms with Crippen LogP contribution in [0.3, 0.4) is 0 Å². The normalized spacial score (nSPS) is 13.5. The molecule has 0 radical (unpaired) electrons. The molecule has 9 heteroatoms. The highest BCUT2D eigenvalue weighted by Gasteiger charge is 2.20. The minimum atomic E-state index is 0.433. The fourth-order valence-corrected chi connectivity index (χ4v) is 7.18. The van der Waals surface area contributed by atoms with Crippen molar-refractivity contribution in [2.24, 2.45) is 4.99 Å². The fourth-order valence-electron chi connectivity index (χ4n) is 5.38. The molecule has 41 heavy (non-hydrogen) atoms. The predicted octanol–water partition coefficient (Wildman–Crippen LogP) is 9.32. The second-order valence-electron chi connectivity index (χ2n) is 10.0. The minimum absolute atomic E-state index is 0.433. The lowest BCUT2D eigenvalue weighted by atomic mass is 9.97. The molecule has 0 saturated carbocycles. The van der Waals surface area contributed by atoms with Gasteiger partial charge in [0, 0.05) is 20.6 Å². The highest BCUT2D eigenvalue weighted by atomic mass is 79.9. The summed E-state index contributed by atoms with van der Waals surface area (Å²) in [6, 6.07) is 21.9. The van der Waals surface area contributed by atoms with Gasteiger partial charge in [-0.15, -0.1) is 11.3 Å². The number of aryl methyl sites for hydroxylation is 3. The van der Waals surface area contributed by atoms with Crippen molar-refractivity contribution < 1.29 is 4.42 Å². The number of hydrogen-bond acceptors (Lipinski definition) is 6. The Bertz CT molecular complexity index is 1940. The first-order valence-electron chi connectivity index (χ1n) is 13.4. The molecule has 1 aliphatic rings. The zero-order valence-corrected chi connectivity index (χ0v) is 25.4. The van der Waals surface area contributed by atoms with E-state index in [0.29, 0.717) is 10.7 Å². The van der Waals surface area contributed by atoms with Crippen LogP contribution in [0.15, 0.2) is 93.2 Å². The molecule has 3 heterocycles. The second-order valence-corrected chi connectivity index (χ2v) is 12.5. The van der Waals surface area contributed by atoms with E-state index in [1.807, 2.05) is 78.2 Å². The Hall–Kier alpha value is -3.72. The number of benzene rings is 3. The zero-order valence-electron chi connectivity index (χ0n) is 22.2. The second kappa shape index (κ2) is 10.9. The number of fused-ring (bicyclic) bond motifs is 3. The minimum Gasteiger partial charge on any atom is -0.431 e. The monoisotopic (exact) mass is 641 g/mol. The van der Waals surface area contributed by atoms with Crippen LogP contribution in [0.25, 0.3) is 27.2 Å². The summed E-state index contributed by atoms with van der Waals surface area (Å²) < 4.78 is 9.04. The summed E-state index contributed by atoms with van der Waals surface area (Å²) in [4.78, 5) is 16.5. The van der Waals surface area contributed by atoms with Gasteiger partial charge >= 0.3 is 5.68 Å². The van der Waals surface area contributed by atoms with Gasteiger partial charge < -0.3 is 9.73 Å². The first-order valence-corrected chi connectivity index (χ1v) is 15.4. The lowest BCUT2D eigenvalue weighted by molar-refractivity contribution is 0.487. The average molecular weight is 643 g/mol. The van der Waals surface area contributed by atoms with E-state index in [1.165, 1.54) is 23.3 Å². The molecular weight excluding hydrogens is 618 g/mol. The summed E-state index contributed by atoms with van der Waals surface area (Å²) in [6.45, 7) is 2.03. The first-order chi connectivity index (χ1) is 20.0. The van der Waals surface area contributed by atoms with Crippen molar-refractivity contribution in [3.05, 3.63) is 111 Å². The van der Waals surface area contributed by atoms with Gasteiger partial charge in [-0.2, -0.15) is 4.99 Å². The van der Waals surface area contributed by atoms with Crippen LogP contribution < -0.4 is 11.0 Å². The molecule has 1 N–H and O–H groups in total. The molecule has 6 aromatic rings. The molecule has 0 unspecified atom stereocenters. The number of halogens is 2. The van der Waals surface area contributed by atoms with E-state index in [9.17, 15) is 0 Å². The third-order valence-electron chi connectivity index (χ3n) is 7.37. The lowest BCUT2D eigenvalue weighted by Gasteiger charge is -2.13. The van der Waals surface area contributed by atoms with Gasteiger partial charge in [0.25, 0.3) is 0 Å². The molecule has 0 atom stereocenters. The largest absolute Gasteiger partial charge is 0.431 e. The summed E-state index contributed by atoms with van der Waals surface area (Å²) in [5.74, 6) is 0.858. The van der Waals surface area contributed by atoms with E-state index in [1.54, 1.807) is 23.9 Å². The molecule has 7 rings (SSSR count). The highest BCUT2D eigenvalue weighted by molar-refractivity contribution is 9.10. The number of nitrogens with zero attached hydrogens (tertiary/aromatic N) is 4. The molecule has 0 spiro atoms. The molecule has 1 aliphatic carbocycles. The Morgan fingerprint density at radius 3 is 2.61 bits per heavy atom. The highest BCUT2D eigenvalue weighted by Crippen LogP contribution is 2.39. The summed E-state index contributed by atoms with van der Waals surface area (Å²) in [5.41, 5.74) is 7.24. The third kappa shape index (κ3) is 5.01. The maximum atomic E-state index is 6.73. The first kappa shape index (κ1) is 26.2. The van der Waals surface area contributed by atoms with Crippen molar-refractivity contribution in [1.82, 2.24) is 14.5 Å². The van der Waals surface area contributed by atoms with Crippen LogP contribution in [0.4, 0.5) is 17.2 Å². The summed E-state index contributed by atoms with van der Waals surface area (Å²) in [7, 11) is 0. The van der Waals surface area contributed by atoms with Gasteiger partial charge in [-0.3, -0.25) is 4.57 Å².